The highest BCUT2D eigenvalue weighted by molar-refractivity contribution is 6.30. The van der Waals surface area contributed by atoms with Crippen molar-refractivity contribution >= 4 is 40.7 Å². The topological polar surface area (TPSA) is 93.5 Å². The standard InChI is InChI=1S/C19H16ClN3O4/c1-11(24)21-14-6-8-15(9-7-14)22-18-16(19(25)26-2)17(23-27-18)12-4-3-5-13(20)10-12/h3-10,22H,1-2H3,(H,21,24). The van der Waals surface area contributed by atoms with Gasteiger partial charge in [-0.05, 0) is 36.4 Å². The molecule has 0 spiro atoms. The van der Waals surface area contributed by atoms with Crippen LogP contribution in [0.5, 0.6) is 0 Å². The van der Waals surface area contributed by atoms with Gasteiger partial charge in [0.1, 0.15) is 5.69 Å². The number of anilines is 3. The lowest BCUT2D eigenvalue weighted by molar-refractivity contribution is -0.114. The van der Waals surface area contributed by atoms with Crippen molar-refractivity contribution in [1.82, 2.24) is 5.16 Å². The number of nitrogens with zero attached hydrogens (tertiary/aromatic N) is 1. The summed E-state index contributed by atoms with van der Waals surface area (Å²) in [6, 6.07) is 13.8. The molecule has 0 bridgehead atoms. The number of hydrogen-bond acceptors (Lipinski definition) is 6. The molecule has 3 aromatic rings. The highest BCUT2D eigenvalue weighted by Gasteiger charge is 2.25. The summed E-state index contributed by atoms with van der Waals surface area (Å²) >= 11 is 6.03. The van der Waals surface area contributed by atoms with E-state index in [4.69, 9.17) is 20.9 Å². The summed E-state index contributed by atoms with van der Waals surface area (Å²) in [4.78, 5) is 23.4. The van der Waals surface area contributed by atoms with E-state index in [0.29, 0.717) is 27.7 Å². The number of hydrogen-bond donors (Lipinski definition) is 2. The zero-order chi connectivity index (χ0) is 19.4. The molecule has 2 N–H and O–H groups in total. The maximum atomic E-state index is 12.3. The first kappa shape index (κ1) is 18.5. The van der Waals surface area contributed by atoms with Crippen LogP contribution in [0.25, 0.3) is 11.3 Å². The van der Waals surface area contributed by atoms with Gasteiger partial charge in [-0.3, -0.25) is 4.79 Å². The SMILES string of the molecule is COC(=O)c1c(-c2cccc(Cl)c2)noc1Nc1ccc(NC(C)=O)cc1. The maximum Gasteiger partial charge on any atom is 0.345 e. The molecule has 0 saturated carbocycles. The highest BCUT2D eigenvalue weighted by Crippen LogP contribution is 2.32. The molecule has 0 fully saturated rings. The Morgan fingerprint density at radius 2 is 1.81 bits per heavy atom. The van der Waals surface area contributed by atoms with E-state index < -0.39 is 5.97 Å². The predicted molar refractivity (Wildman–Crippen MR) is 102 cm³/mol. The first-order valence-electron chi connectivity index (χ1n) is 7.96. The fraction of sp³-hybridized carbons (Fsp3) is 0.105. The Morgan fingerprint density at radius 1 is 1.11 bits per heavy atom. The van der Waals surface area contributed by atoms with E-state index in [2.05, 4.69) is 15.8 Å². The zero-order valence-corrected chi connectivity index (χ0v) is 15.3. The molecule has 0 unspecified atom stereocenters. The number of halogens is 1. The third-order valence-corrected chi connectivity index (χ3v) is 3.88. The summed E-state index contributed by atoms with van der Waals surface area (Å²) in [7, 11) is 1.28. The van der Waals surface area contributed by atoms with Crippen LogP contribution >= 0.6 is 11.6 Å². The minimum absolute atomic E-state index is 0.143. The van der Waals surface area contributed by atoms with E-state index in [0.717, 1.165) is 0 Å². The van der Waals surface area contributed by atoms with Crippen LogP contribution in [0.1, 0.15) is 17.3 Å². The van der Waals surface area contributed by atoms with Crippen molar-refractivity contribution < 1.29 is 18.8 Å². The minimum Gasteiger partial charge on any atom is -0.465 e. The van der Waals surface area contributed by atoms with Crippen molar-refractivity contribution in [2.75, 3.05) is 17.7 Å². The van der Waals surface area contributed by atoms with Crippen LogP contribution in [0.15, 0.2) is 53.1 Å². The van der Waals surface area contributed by atoms with Crippen LogP contribution in [0.2, 0.25) is 5.02 Å². The lowest BCUT2D eigenvalue weighted by Crippen LogP contribution is -2.06. The van der Waals surface area contributed by atoms with Crippen LogP contribution in [-0.2, 0) is 9.53 Å². The van der Waals surface area contributed by atoms with Crippen molar-refractivity contribution in [2.45, 2.75) is 6.92 Å². The molecule has 2 aromatic carbocycles. The summed E-state index contributed by atoms with van der Waals surface area (Å²) in [5.41, 5.74) is 2.40. The zero-order valence-electron chi connectivity index (χ0n) is 14.6. The number of esters is 1. The van der Waals surface area contributed by atoms with Gasteiger partial charge in [-0.25, -0.2) is 4.79 Å². The molecule has 27 heavy (non-hydrogen) atoms. The molecule has 138 valence electrons. The van der Waals surface area contributed by atoms with Crippen molar-refractivity contribution in [3.05, 3.63) is 59.1 Å². The van der Waals surface area contributed by atoms with Gasteiger partial charge in [0.05, 0.1) is 7.11 Å². The number of methoxy groups -OCH3 is 1. The Morgan fingerprint density at radius 3 is 2.44 bits per heavy atom. The van der Waals surface area contributed by atoms with Gasteiger partial charge in [0.25, 0.3) is 0 Å². The Kier molecular flexibility index (Phi) is 5.42. The lowest BCUT2D eigenvalue weighted by Gasteiger charge is -2.07. The number of nitrogens with one attached hydrogen (secondary N) is 2. The number of benzene rings is 2. The van der Waals surface area contributed by atoms with Crippen molar-refractivity contribution in [3.8, 4) is 11.3 Å². The number of carbonyl (C=O) groups excluding carboxylic acids is 2. The second-order valence-electron chi connectivity index (χ2n) is 5.62. The molecule has 8 heteroatoms. The third-order valence-electron chi connectivity index (χ3n) is 3.64. The van der Waals surface area contributed by atoms with Gasteiger partial charge in [0.2, 0.25) is 11.8 Å². The average Bonchev–Trinajstić information content (AvgIpc) is 3.06. The van der Waals surface area contributed by atoms with E-state index >= 15 is 0 Å². The minimum atomic E-state index is -0.594. The molecule has 1 amide bonds. The number of aromatic nitrogens is 1. The third kappa shape index (κ3) is 4.27. The van der Waals surface area contributed by atoms with E-state index in [1.165, 1.54) is 14.0 Å². The largest absolute Gasteiger partial charge is 0.465 e. The first-order valence-corrected chi connectivity index (χ1v) is 8.34. The molecule has 7 nitrogen and oxygen atoms in total. The number of rotatable bonds is 5. The molecular weight excluding hydrogens is 370 g/mol. The molecule has 3 rings (SSSR count). The predicted octanol–water partition coefficient (Wildman–Crippen LogP) is 4.48. The van der Waals surface area contributed by atoms with Crippen molar-refractivity contribution in [2.24, 2.45) is 0 Å². The van der Waals surface area contributed by atoms with Gasteiger partial charge in [-0.1, -0.05) is 28.9 Å². The van der Waals surface area contributed by atoms with Gasteiger partial charge < -0.3 is 19.9 Å². The number of carbonyl (C=O) groups is 2. The Balaban J connectivity index is 1.94. The average molecular weight is 386 g/mol. The van der Waals surface area contributed by atoms with E-state index in [1.807, 2.05) is 0 Å². The Labute approximate surface area is 160 Å². The quantitative estimate of drug-likeness (QED) is 0.629. The van der Waals surface area contributed by atoms with Crippen LogP contribution < -0.4 is 10.6 Å². The Hall–Kier alpha value is -3.32. The molecule has 0 saturated heterocycles. The lowest BCUT2D eigenvalue weighted by atomic mass is 10.1. The summed E-state index contributed by atoms with van der Waals surface area (Å²) in [6.45, 7) is 1.43. The summed E-state index contributed by atoms with van der Waals surface area (Å²) in [5.74, 6) is -0.613. The highest BCUT2D eigenvalue weighted by atomic mass is 35.5. The number of ether oxygens (including phenoxy) is 1. The molecule has 1 heterocycles. The molecule has 0 atom stereocenters. The van der Waals surface area contributed by atoms with Crippen LogP contribution in [0.4, 0.5) is 17.3 Å². The fourth-order valence-corrected chi connectivity index (χ4v) is 2.66. The van der Waals surface area contributed by atoms with Crippen LogP contribution in [-0.4, -0.2) is 24.1 Å². The second-order valence-corrected chi connectivity index (χ2v) is 6.06. The van der Waals surface area contributed by atoms with E-state index in [9.17, 15) is 9.59 Å². The molecule has 0 aliphatic heterocycles. The summed E-state index contributed by atoms with van der Waals surface area (Å²) in [5, 5.41) is 10.2. The molecular formula is C19H16ClN3O4. The van der Waals surface area contributed by atoms with Gasteiger partial charge in [-0.2, -0.15) is 0 Å². The number of amides is 1. The van der Waals surface area contributed by atoms with E-state index in [-0.39, 0.29) is 17.4 Å². The smallest absolute Gasteiger partial charge is 0.345 e. The van der Waals surface area contributed by atoms with Gasteiger partial charge in [0.15, 0.2) is 5.56 Å². The molecule has 0 aliphatic carbocycles. The van der Waals surface area contributed by atoms with Crippen molar-refractivity contribution in [1.29, 1.82) is 0 Å². The second kappa shape index (κ2) is 7.92. The monoisotopic (exact) mass is 385 g/mol. The van der Waals surface area contributed by atoms with Crippen LogP contribution in [0.3, 0.4) is 0 Å². The summed E-state index contributed by atoms with van der Waals surface area (Å²) < 4.78 is 10.2. The van der Waals surface area contributed by atoms with Crippen LogP contribution in [0, 0.1) is 0 Å². The van der Waals surface area contributed by atoms with E-state index in [1.54, 1.807) is 48.5 Å². The molecule has 0 radical (unpaired) electrons. The summed E-state index contributed by atoms with van der Waals surface area (Å²) in [6.07, 6.45) is 0. The van der Waals surface area contributed by atoms with Gasteiger partial charge >= 0.3 is 5.97 Å². The van der Waals surface area contributed by atoms with Crippen molar-refractivity contribution in [3.63, 3.8) is 0 Å². The normalized spacial score (nSPS) is 10.3. The molecule has 0 aliphatic rings. The maximum absolute atomic E-state index is 12.3. The Bertz CT molecular complexity index is 983. The van der Waals surface area contributed by atoms with Gasteiger partial charge in [0, 0.05) is 28.9 Å². The van der Waals surface area contributed by atoms with Gasteiger partial charge in [-0.15, -0.1) is 0 Å². The molecule has 1 aromatic heterocycles. The first-order chi connectivity index (χ1) is 13.0. The fourth-order valence-electron chi connectivity index (χ4n) is 2.47.